The van der Waals surface area contributed by atoms with Crippen molar-refractivity contribution in [3.8, 4) is 23.0 Å². The number of nitrogens with one attached hydrogen (secondary N) is 2. The Balaban J connectivity index is 0.000000168. The number of aromatic nitrogens is 2. The molecular weight excluding hydrogens is 785 g/mol. The fraction of sp³-hybridized carbons (Fsp3) is 0.380. The van der Waals surface area contributed by atoms with Crippen LogP contribution in [0.2, 0.25) is 0 Å². The summed E-state index contributed by atoms with van der Waals surface area (Å²) in [6.07, 6.45) is 1.05. The molecule has 1 saturated heterocycles. The number of carbonyl (C=O) groups excluding carboxylic acids is 1. The first kappa shape index (κ1) is 41.6. The Labute approximate surface area is 361 Å². The molecule has 3 aliphatic heterocycles. The zero-order chi connectivity index (χ0) is 43.6. The van der Waals surface area contributed by atoms with Crippen LogP contribution in [0, 0.1) is 11.8 Å². The number of hydrogen-bond acceptors (Lipinski definition) is 9. The summed E-state index contributed by atoms with van der Waals surface area (Å²) in [7, 11) is 10.4. The van der Waals surface area contributed by atoms with Gasteiger partial charge in [-0.3, -0.25) is 4.79 Å². The van der Waals surface area contributed by atoms with E-state index in [-0.39, 0.29) is 24.3 Å². The predicted molar refractivity (Wildman–Crippen MR) is 242 cm³/mol. The van der Waals surface area contributed by atoms with Crippen LogP contribution >= 0.6 is 0 Å². The van der Waals surface area contributed by atoms with Crippen LogP contribution in [0.25, 0.3) is 43.6 Å². The fourth-order valence-corrected chi connectivity index (χ4v) is 10.5. The van der Waals surface area contributed by atoms with Crippen molar-refractivity contribution in [2.24, 2.45) is 11.8 Å². The van der Waals surface area contributed by atoms with E-state index in [1.807, 2.05) is 43.4 Å². The van der Waals surface area contributed by atoms with Gasteiger partial charge in [0.2, 0.25) is 0 Å². The van der Waals surface area contributed by atoms with Gasteiger partial charge in [0, 0.05) is 46.7 Å². The summed E-state index contributed by atoms with van der Waals surface area (Å²) in [5, 5.41) is 21.1. The molecule has 5 heterocycles. The third-order valence-electron chi connectivity index (χ3n) is 13.6. The van der Waals surface area contributed by atoms with Crippen LogP contribution in [0.5, 0.6) is 23.0 Å². The average Bonchev–Trinajstić information content (AvgIpc) is 3.90. The highest BCUT2D eigenvalue weighted by molar-refractivity contribution is 6.31. The Kier molecular flexibility index (Phi) is 10.8. The lowest BCUT2D eigenvalue weighted by Gasteiger charge is -2.48. The van der Waals surface area contributed by atoms with Crippen LogP contribution in [-0.4, -0.2) is 74.9 Å². The monoisotopic (exact) mass is 840 g/mol. The molecule has 12 nitrogen and oxygen atoms in total. The second-order valence-corrected chi connectivity index (χ2v) is 17.0. The number of ether oxygens (including phenoxy) is 6. The Morgan fingerprint density at radius 2 is 1.32 bits per heavy atom. The van der Waals surface area contributed by atoms with E-state index in [2.05, 4.69) is 89.1 Å². The molecule has 2 bridgehead atoms. The molecule has 0 aliphatic carbocycles. The number of benzene rings is 5. The van der Waals surface area contributed by atoms with Gasteiger partial charge in [-0.1, -0.05) is 62.4 Å². The number of likely N-dealkylation sites (N-methyl/N-ethyl adjacent to an activating group) is 1. The number of aliphatic hydroxyl groups is 1. The highest BCUT2D eigenvalue weighted by Gasteiger charge is 2.53. The van der Waals surface area contributed by atoms with Gasteiger partial charge in [0.15, 0.2) is 35.0 Å². The Bertz CT molecular complexity index is 2790. The summed E-state index contributed by atoms with van der Waals surface area (Å²) in [5.41, 5.74) is 6.77. The number of rotatable bonds is 11. The molecule has 0 saturated carbocycles. The highest BCUT2D eigenvalue weighted by atomic mass is 16.6. The van der Waals surface area contributed by atoms with E-state index in [1.54, 1.807) is 35.5 Å². The van der Waals surface area contributed by atoms with Crippen LogP contribution in [-0.2, 0) is 28.0 Å². The van der Waals surface area contributed by atoms with Gasteiger partial charge >= 0.3 is 0 Å². The Morgan fingerprint density at radius 3 is 1.87 bits per heavy atom. The lowest BCUT2D eigenvalue weighted by atomic mass is 9.85. The normalized spacial score (nSPS) is 22.3. The number of para-hydroxylation sites is 2. The summed E-state index contributed by atoms with van der Waals surface area (Å²) >= 11 is 0. The Morgan fingerprint density at radius 1 is 0.774 bits per heavy atom. The predicted octanol–water partition coefficient (Wildman–Crippen LogP) is 8.62. The maximum atomic E-state index is 13.4. The molecule has 12 heteroatoms. The molecule has 0 radical (unpaired) electrons. The van der Waals surface area contributed by atoms with E-state index >= 15 is 0 Å². The number of hydrogen-bond donors (Lipinski definition) is 3. The largest absolute Gasteiger partial charge is 0.493 e. The van der Waals surface area contributed by atoms with E-state index in [0.29, 0.717) is 29.4 Å². The molecule has 1 fully saturated rings. The van der Waals surface area contributed by atoms with Gasteiger partial charge in [-0.05, 0) is 86.2 Å². The van der Waals surface area contributed by atoms with Crippen molar-refractivity contribution < 1.29 is 38.3 Å². The van der Waals surface area contributed by atoms with Gasteiger partial charge in [0.05, 0.1) is 56.1 Å². The van der Waals surface area contributed by atoms with Crippen molar-refractivity contribution in [3.63, 3.8) is 0 Å². The summed E-state index contributed by atoms with van der Waals surface area (Å²) in [6, 6.07) is 28.7. The molecule has 1 amide bonds. The van der Waals surface area contributed by atoms with Gasteiger partial charge < -0.3 is 53.3 Å². The minimum absolute atomic E-state index is 0.0289. The van der Waals surface area contributed by atoms with Crippen LogP contribution in [0.4, 0.5) is 0 Å². The highest BCUT2D eigenvalue weighted by Crippen LogP contribution is 2.54. The molecule has 7 atom stereocenters. The average molecular weight is 841 g/mol. The van der Waals surface area contributed by atoms with Crippen molar-refractivity contribution in [2.75, 3.05) is 42.6 Å². The lowest BCUT2D eigenvalue weighted by Crippen LogP contribution is -2.59. The Hall–Kier alpha value is -5.79. The number of fused-ring (bicyclic) bond motifs is 13. The second-order valence-electron chi connectivity index (χ2n) is 17.0. The molecule has 3 N–H and O–H groups in total. The number of nitrogens with zero attached hydrogens (tertiary/aromatic N) is 2. The minimum Gasteiger partial charge on any atom is -0.493 e. The SMILES string of the molecule is CN[C@@H]1C[C@H]2O[C@@](C)([C@@H]1OC)n1c3ccccc3c3c4c(c5c6ccccc6n2c5c31)C(=O)N[C@@H]4O.COc1ccc(C[C@@H](C)[C@@H](C)Cc2ccc(OC)c(OC)c2)cc1OC. The standard InChI is InChI=1S/C28H26N4O4.C22H30O4/c1-28-25(35-3)15(29-2)12-18(36-28)31-16-10-6-4-8-13(16)19-21-22(27(34)30-26(21)33)20-14-9-5-7-11-17(14)32(28)24(20)23(19)31;1-15(11-17-7-9-19(23-3)21(13-17)25-5)16(2)12-18-8-10-20(24-4)22(14-18)26-6/h4-11,15,18,25,27,29,34H,12H2,1-3H3,(H,30,33);7-10,13-16H,11-12H2,1-6H3/t15-,18-,25-,27-,28+;15-,16+/m1./s1. The van der Waals surface area contributed by atoms with Crippen molar-refractivity contribution in [1.82, 2.24) is 19.8 Å². The van der Waals surface area contributed by atoms with E-state index in [1.165, 1.54) is 11.1 Å². The quantitative estimate of drug-likeness (QED) is 0.117. The van der Waals surface area contributed by atoms with E-state index < -0.39 is 12.0 Å². The second kappa shape index (κ2) is 16.2. The summed E-state index contributed by atoms with van der Waals surface area (Å²) in [5.74, 6) is 3.91. The van der Waals surface area contributed by atoms with Crippen molar-refractivity contribution >= 4 is 49.5 Å². The molecule has 324 valence electrons. The first-order chi connectivity index (χ1) is 30.0. The maximum absolute atomic E-state index is 13.4. The van der Waals surface area contributed by atoms with Crippen molar-refractivity contribution in [2.45, 2.75) is 70.4 Å². The van der Waals surface area contributed by atoms with Crippen LogP contribution in [0.3, 0.4) is 0 Å². The van der Waals surface area contributed by atoms with E-state index in [4.69, 9.17) is 28.4 Å². The van der Waals surface area contributed by atoms with Crippen LogP contribution in [0.15, 0.2) is 84.9 Å². The van der Waals surface area contributed by atoms with Crippen molar-refractivity contribution in [1.29, 1.82) is 0 Å². The van der Waals surface area contributed by atoms with E-state index in [9.17, 15) is 9.90 Å². The first-order valence-corrected chi connectivity index (χ1v) is 21.3. The van der Waals surface area contributed by atoms with Gasteiger partial charge in [-0.15, -0.1) is 0 Å². The summed E-state index contributed by atoms with van der Waals surface area (Å²) in [6.45, 7) is 6.68. The van der Waals surface area contributed by atoms with Gasteiger partial charge in [-0.25, -0.2) is 0 Å². The summed E-state index contributed by atoms with van der Waals surface area (Å²) < 4.78 is 39.2. The lowest BCUT2D eigenvalue weighted by molar-refractivity contribution is -0.256. The molecule has 0 unspecified atom stereocenters. The molecular formula is C50H56N4O8. The topological polar surface area (TPSA) is 127 Å². The smallest absolute Gasteiger partial charge is 0.254 e. The third kappa shape index (κ3) is 6.37. The maximum Gasteiger partial charge on any atom is 0.254 e. The first-order valence-electron chi connectivity index (χ1n) is 21.3. The minimum atomic E-state index is -1.09. The molecule has 5 aromatic carbocycles. The summed E-state index contributed by atoms with van der Waals surface area (Å²) in [4.78, 5) is 13.4. The number of amides is 1. The number of methoxy groups -OCH3 is 5. The number of aliphatic hydroxyl groups excluding tert-OH is 1. The fourth-order valence-electron chi connectivity index (χ4n) is 10.5. The zero-order valence-electron chi connectivity index (χ0n) is 36.9. The zero-order valence-corrected chi connectivity index (χ0v) is 36.9. The molecule has 0 spiro atoms. The van der Waals surface area contributed by atoms with Crippen LogP contribution in [0.1, 0.15) is 66.7 Å². The molecule has 7 aromatic rings. The molecule has 3 aliphatic rings. The molecule has 62 heavy (non-hydrogen) atoms. The third-order valence-corrected chi connectivity index (χ3v) is 13.6. The van der Waals surface area contributed by atoms with Crippen molar-refractivity contribution in [3.05, 3.63) is 107 Å². The van der Waals surface area contributed by atoms with Gasteiger partial charge in [0.1, 0.15) is 12.3 Å². The van der Waals surface area contributed by atoms with Crippen LogP contribution < -0.4 is 29.6 Å². The van der Waals surface area contributed by atoms with E-state index in [0.717, 1.165) is 79.5 Å². The molecule has 2 aromatic heterocycles. The molecule has 10 rings (SSSR count). The number of carbonyl (C=O) groups is 1. The van der Waals surface area contributed by atoms with Gasteiger partial charge in [-0.2, -0.15) is 0 Å². The van der Waals surface area contributed by atoms with Gasteiger partial charge in [0.25, 0.3) is 5.91 Å².